The van der Waals surface area contributed by atoms with Crippen LogP contribution in [0.2, 0.25) is 0 Å². The van der Waals surface area contributed by atoms with E-state index in [1.165, 1.54) is 14.2 Å². The average Bonchev–Trinajstić information content (AvgIpc) is 3.03. The third kappa shape index (κ3) is 3.81. The van der Waals surface area contributed by atoms with Crippen LogP contribution in [0.5, 0.6) is 17.6 Å². The maximum Gasteiger partial charge on any atom is 0.261 e. The van der Waals surface area contributed by atoms with E-state index in [4.69, 9.17) is 14.2 Å². The first kappa shape index (κ1) is 17.0. The number of likely N-dealkylation sites (tertiary alicyclic amines) is 1. The summed E-state index contributed by atoms with van der Waals surface area (Å²) in [4.78, 5) is 14.5. The Balaban J connectivity index is 1.66. The number of rotatable bonds is 5. The van der Waals surface area contributed by atoms with Crippen molar-refractivity contribution in [1.82, 2.24) is 24.9 Å². The SMILES string of the molecule is COc1ccc(OC2CCCN(C(=O)c3cn(C)nc3OC)C2)nn1. The Morgan fingerprint density at radius 3 is 2.64 bits per heavy atom. The molecule has 1 aliphatic heterocycles. The summed E-state index contributed by atoms with van der Waals surface area (Å²) in [7, 11) is 4.79. The van der Waals surface area contributed by atoms with E-state index in [9.17, 15) is 4.79 Å². The van der Waals surface area contributed by atoms with Crippen LogP contribution in [0.25, 0.3) is 0 Å². The van der Waals surface area contributed by atoms with E-state index in [0.29, 0.717) is 36.3 Å². The van der Waals surface area contributed by atoms with E-state index < -0.39 is 0 Å². The zero-order valence-electron chi connectivity index (χ0n) is 14.5. The topological polar surface area (TPSA) is 91.6 Å². The second-order valence-corrected chi connectivity index (χ2v) is 5.77. The summed E-state index contributed by atoms with van der Waals surface area (Å²) in [5.41, 5.74) is 0.454. The maximum atomic E-state index is 12.8. The number of hydrogen-bond donors (Lipinski definition) is 0. The number of nitrogens with zero attached hydrogens (tertiary/aromatic N) is 5. The van der Waals surface area contributed by atoms with Gasteiger partial charge >= 0.3 is 0 Å². The summed E-state index contributed by atoms with van der Waals surface area (Å²) < 4.78 is 17.6. The first-order valence-electron chi connectivity index (χ1n) is 8.02. The quantitative estimate of drug-likeness (QED) is 0.794. The van der Waals surface area contributed by atoms with Crippen LogP contribution in [0, 0.1) is 0 Å². The molecule has 2 aromatic heterocycles. The van der Waals surface area contributed by atoms with E-state index in [1.807, 2.05) is 0 Å². The van der Waals surface area contributed by atoms with E-state index >= 15 is 0 Å². The zero-order chi connectivity index (χ0) is 17.8. The number of aromatic nitrogens is 4. The van der Waals surface area contributed by atoms with Crippen LogP contribution in [-0.2, 0) is 7.05 Å². The monoisotopic (exact) mass is 347 g/mol. The number of aryl methyl sites for hydroxylation is 1. The molecule has 0 spiro atoms. The number of amides is 1. The minimum absolute atomic E-state index is 0.112. The lowest BCUT2D eigenvalue weighted by molar-refractivity contribution is 0.0522. The highest BCUT2D eigenvalue weighted by Gasteiger charge is 2.29. The number of hydrogen-bond acceptors (Lipinski definition) is 7. The van der Waals surface area contributed by atoms with Crippen molar-refractivity contribution in [3.8, 4) is 17.6 Å². The molecule has 2 aromatic rings. The van der Waals surface area contributed by atoms with Gasteiger partial charge in [-0.1, -0.05) is 0 Å². The van der Waals surface area contributed by atoms with E-state index in [-0.39, 0.29) is 12.0 Å². The minimum Gasteiger partial charge on any atom is -0.480 e. The van der Waals surface area contributed by atoms with Gasteiger partial charge in [0.05, 0.1) is 20.8 Å². The summed E-state index contributed by atoms with van der Waals surface area (Å²) >= 11 is 0. The predicted molar refractivity (Wildman–Crippen MR) is 87.9 cm³/mol. The van der Waals surface area contributed by atoms with Gasteiger partial charge in [-0.2, -0.15) is 0 Å². The van der Waals surface area contributed by atoms with Crippen molar-refractivity contribution in [3.05, 3.63) is 23.9 Å². The van der Waals surface area contributed by atoms with Crippen molar-refractivity contribution in [2.24, 2.45) is 7.05 Å². The standard InChI is InChI=1S/C16H21N5O4/c1-20-10-12(15(19-20)24-3)16(22)21-8-4-5-11(9-21)25-14-7-6-13(23-2)17-18-14/h6-7,10-11H,4-5,8-9H2,1-3H3. The molecule has 1 aliphatic rings. The number of carbonyl (C=O) groups is 1. The Morgan fingerprint density at radius 2 is 1.96 bits per heavy atom. The second kappa shape index (κ2) is 7.37. The lowest BCUT2D eigenvalue weighted by Gasteiger charge is -2.32. The predicted octanol–water partition coefficient (Wildman–Crippen LogP) is 0.911. The van der Waals surface area contributed by atoms with E-state index in [1.54, 1.807) is 35.0 Å². The summed E-state index contributed by atoms with van der Waals surface area (Å²) in [6.45, 7) is 1.15. The summed E-state index contributed by atoms with van der Waals surface area (Å²) in [5, 5.41) is 12.0. The van der Waals surface area contributed by atoms with Crippen LogP contribution < -0.4 is 14.2 Å². The Labute approximate surface area is 145 Å². The van der Waals surface area contributed by atoms with Gasteiger partial charge in [-0.05, 0) is 12.8 Å². The number of ether oxygens (including phenoxy) is 3. The average molecular weight is 347 g/mol. The molecule has 1 unspecified atom stereocenters. The van der Waals surface area contributed by atoms with Crippen molar-refractivity contribution in [3.63, 3.8) is 0 Å². The lowest BCUT2D eigenvalue weighted by atomic mass is 10.1. The molecule has 0 bridgehead atoms. The molecular formula is C16H21N5O4. The molecule has 1 atom stereocenters. The number of piperidine rings is 1. The Bertz CT molecular complexity index is 731. The molecule has 0 aliphatic carbocycles. The van der Waals surface area contributed by atoms with Crippen molar-refractivity contribution in [1.29, 1.82) is 0 Å². The summed E-state index contributed by atoms with van der Waals surface area (Å²) in [6.07, 6.45) is 3.23. The van der Waals surface area contributed by atoms with Crippen LogP contribution >= 0.6 is 0 Å². The zero-order valence-corrected chi connectivity index (χ0v) is 14.5. The molecule has 3 heterocycles. The van der Waals surface area contributed by atoms with Crippen molar-refractivity contribution < 1.29 is 19.0 Å². The van der Waals surface area contributed by atoms with Gasteiger partial charge in [0.1, 0.15) is 11.7 Å². The smallest absolute Gasteiger partial charge is 0.261 e. The van der Waals surface area contributed by atoms with Gasteiger partial charge in [0.15, 0.2) is 0 Å². The molecule has 9 nitrogen and oxygen atoms in total. The van der Waals surface area contributed by atoms with Crippen LogP contribution in [0.3, 0.4) is 0 Å². The van der Waals surface area contributed by atoms with Crippen LogP contribution in [-0.4, -0.2) is 64.2 Å². The van der Waals surface area contributed by atoms with Gasteiger partial charge in [-0.3, -0.25) is 9.48 Å². The highest BCUT2D eigenvalue weighted by molar-refractivity contribution is 5.96. The highest BCUT2D eigenvalue weighted by atomic mass is 16.5. The molecule has 0 radical (unpaired) electrons. The fourth-order valence-electron chi connectivity index (χ4n) is 2.81. The minimum atomic E-state index is -0.136. The van der Waals surface area contributed by atoms with Crippen molar-refractivity contribution in [2.75, 3.05) is 27.3 Å². The fraction of sp³-hybridized carbons (Fsp3) is 0.500. The van der Waals surface area contributed by atoms with E-state index in [0.717, 1.165) is 12.8 Å². The van der Waals surface area contributed by atoms with Crippen LogP contribution in [0.1, 0.15) is 23.2 Å². The largest absolute Gasteiger partial charge is 0.480 e. The third-order valence-corrected chi connectivity index (χ3v) is 4.00. The van der Waals surface area contributed by atoms with Gasteiger partial charge in [-0.25, -0.2) is 0 Å². The Kier molecular flexibility index (Phi) is 5.01. The molecule has 0 aromatic carbocycles. The molecule has 1 saturated heterocycles. The maximum absolute atomic E-state index is 12.8. The van der Waals surface area contributed by atoms with Crippen LogP contribution in [0.15, 0.2) is 18.3 Å². The molecule has 9 heteroatoms. The number of methoxy groups -OCH3 is 2. The molecular weight excluding hydrogens is 326 g/mol. The van der Waals surface area contributed by atoms with Gasteiger partial charge in [0, 0.05) is 31.9 Å². The lowest BCUT2D eigenvalue weighted by Crippen LogP contribution is -2.44. The van der Waals surface area contributed by atoms with Gasteiger partial charge < -0.3 is 19.1 Å². The Hall–Kier alpha value is -2.84. The van der Waals surface area contributed by atoms with Gasteiger partial charge in [-0.15, -0.1) is 15.3 Å². The third-order valence-electron chi connectivity index (χ3n) is 4.00. The van der Waals surface area contributed by atoms with Crippen molar-refractivity contribution in [2.45, 2.75) is 18.9 Å². The van der Waals surface area contributed by atoms with E-state index in [2.05, 4.69) is 15.3 Å². The molecule has 3 rings (SSSR count). The molecule has 1 fully saturated rings. The summed E-state index contributed by atoms with van der Waals surface area (Å²) in [6, 6.07) is 3.39. The Morgan fingerprint density at radius 1 is 1.20 bits per heavy atom. The fourth-order valence-corrected chi connectivity index (χ4v) is 2.81. The van der Waals surface area contributed by atoms with Crippen LogP contribution in [0.4, 0.5) is 0 Å². The second-order valence-electron chi connectivity index (χ2n) is 5.77. The normalized spacial score (nSPS) is 17.2. The highest BCUT2D eigenvalue weighted by Crippen LogP contribution is 2.22. The molecule has 0 N–H and O–H groups in total. The molecule has 134 valence electrons. The van der Waals surface area contributed by atoms with Gasteiger partial charge in [0.25, 0.3) is 5.91 Å². The number of carbonyl (C=O) groups excluding carboxylic acids is 1. The molecule has 1 amide bonds. The van der Waals surface area contributed by atoms with Gasteiger partial charge in [0.2, 0.25) is 17.6 Å². The summed E-state index contributed by atoms with van der Waals surface area (Å²) in [5.74, 6) is 1.06. The first-order valence-corrected chi connectivity index (χ1v) is 8.02. The molecule has 0 saturated carbocycles. The first-order chi connectivity index (χ1) is 12.1. The molecule has 25 heavy (non-hydrogen) atoms. The van der Waals surface area contributed by atoms with Crippen molar-refractivity contribution >= 4 is 5.91 Å².